The SMILES string of the molecule is CCC[SiH]1CCC(CCC2CCC(c3cc(F)c(-c4ccc(F)cc4)c(F)c3)CC2)CC1. The van der Waals surface area contributed by atoms with Crippen molar-refractivity contribution in [3.8, 4) is 11.1 Å². The Morgan fingerprint density at radius 3 is 1.91 bits per heavy atom. The van der Waals surface area contributed by atoms with Crippen molar-refractivity contribution in [1.29, 1.82) is 0 Å². The number of hydrogen-bond acceptors (Lipinski definition) is 0. The van der Waals surface area contributed by atoms with E-state index in [2.05, 4.69) is 6.92 Å². The zero-order valence-corrected chi connectivity index (χ0v) is 20.5. The Balaban J connectivity index is 1.28. The van der Waals surface area contributed by atoms with E-state index in [-0.39, 0.29) is 20.3 Å². The van der Waals surface area contributed by atoms with Crippen molar-refractivity contribution in [1.82, 2.24) is 0 Å². The molecule has 0 N–H and O–H groups in total. The minimum atomic E-state index is -0.545. The van der Waals surface area contributed by atoms with Gasteiger partial charge in [-0.1, -0.05) is 69.3 Å². The van der Waals surface area contributed by atoms with Crippen LogP contribution in [0.4, 0.5) is 13.2 Å². The summed E-state index contributed by atoms with van der Waals surface area (Å²) in [5, 5.41) is 0. The molecule has 1 aliphatic heterocycles. The van der Waals surface area contributed by atoms with Crippen LogP contribution in [-0.4, -0.2) is 8.80 Å². The van der Waals surface area contributed by atoms with Gasteiger partial charge in [-0.05, 0) is 78.8 Å². The first-order valence-corrected chi connectivity index (χ1v) is 15.2. The van der Waals surface area contributed by atoms with E-state index >= 15 is 0 Å². The maximum Gasteiger partial charge on any atom is 0.134 e. The van der Waals surface area contributed by atoms with Crippen LogP contribution in [0.5, 0.6) is 0 Å². The van der Waals surface area contributed by atoms with Crippen LogP contribution in [0, 0.1) is 29.3 Å². The highest BCUT2D eigenvalue weighted by atomic mass is 28.3. The van der Waals surface area contributed by atoms with Crippen LogP contribution in [0.15, 0.2) is 36.4 Å². The fourth-order valence-electron chi connectivity index (χ4n) is 6.19. The minimum Gasteiger partial charge on any atom is -0.207 e. The highest BCUT2D eigenvalue weighted by Crippen LogP contribution is 2.41. The van der Waals surface area contributed by atoms with Crippen molar-refractivity contribution in [2.24, 2.45) is 11.8 Å². The molecule has 2 aromatic rings. The van der Waals surface area contributed by atoms with E-state index in [9.17, 15) is 13.2 Å². The molecule has 0 amide bonds. The van der Waals surface area contributed by atoms with Gasteiger partial charge in [0.25, 0.3) is 0 Å². The van der Waals surface area contributed by atoms with Crippen LogP contribution in [0.3, 0.4) is 0 Å². The molecule has 0 spiro atoms. The van der Waals surface area contributed by atoms with Crippen molar-refractivity contribution in [3.63, 3.8) is 0 Å². The van der Waals surface area contributed by atoms with E-state index in [1.54, 1.807) is 18.1 Å². The standard InChI is InChI=1S/C28H37F3Si/c1-2-15-32-16-13-21(14-17-32)4-3-20-5-7-22(8-6-20)24-18-26(30)28(27(31)19-24)23-9-11-25(29)12-10-23/h9-12,18-22,32H,2-8,13-17H2,1H3. The van der Waals surface area contributed by atoms with Gasteiger partial charge >= 0.3 is 0 Å². The van der Waals surface area contributed by atoms with Gasteiger partial charge in [0.05, 0.1) is 5.56 Å². The molecule has 0 radical (unpaired) electrons. The van der Waals surface area contributed by atoms with Crippen LogP contribution in [0.25, 0.3) is 11.1 Å². The summed E-state index contributed by atoms with van der Waals surface area (Å²) in [6.45, 7) is 2.33. The first-order valence-electron chi connectivity index (χ1n) is 12.8. The van der Waals surface area contributed by atoms with Gasteiger partial charge in [0, 0.05) is 8.80 Å². The quantitative estimate of drug-likeness (QED) is 0.363. The monoisotopic (exact) mass is 458 g/mol. The van der Waals surface area contributed by atoms with Gasteiger partial charge in [0.15, 0.2) is 0 Å². The summed E-state index contributed by atoms with van der Waals surface area (Å²) in [7, 11) is -0.380. The molecule has 1 heterocycles. The van der Waals surface area contributed by atoms with Crippen molar-refractivity contribution in [3.05, 3.63) is 59.4 Å². The van der Waals surface area contributed by atoms with E-state index in [1.165, 1.54) is 81.3 Å². The van der Waals surface area contributed by atoms with E-state index in [0.717, 1.165) is 30.2 Å². The molecule has 2 fully saturated rings. The highest BCUT2D eigenvalue weighted by Gasteiger charge is 2.26. The fourth-order valence-corrected chi connectivity index (χ4v) is 9.76. The third kappa shape index (κ3) is 5.87. The van der Waals surface area contributed by atoms with E-state index in [1.807, 2.05) is 0 Å². The van der Waals surface area contributed by atoms with Crippen LogP contribution in [0.2, 0.25) is 18.1 Å². The topological polar surface area (TPSA) is 0 Å². The number of hydrogen-bond donors (Lipinski definition) is 0. The lowest BCUT2D eigenvalue weighted by Gasteiger charge is -2.32. The molecule has 0 unspecified atom stereocenters. The van der Waals surface area contributed by atoms with Crippen LogP contribution in [-0.2, 0) is 0 Å². The second-order valence-corrected chi connectivity index (χ2v) is 13.8. The van der Waals surface area contributed by atoms with Gasteiger partial charge < -0.3 is 0 Å². The number of halogens is 3. The summed E-state index contributed by atoms with van der Waals surface area (Å²) in [6, 6.07) is 13.0. The smallest absolute Gasteiger partial charge is 0.134 e. The summed E-state index contributed by atoms with van der Waals surface area (Å²) in [5.41, 5.74) is 1.10. The normalized spacial score (nSPS) is 26.2. The zero-order valence-electron chi connectivity index (χ0n) is 19.4. The molecule has 4 rings (SSSR count). The first-order chi connectivity index (χ1) is 15.5. The summed E-state index contributed by atoms with van der Waals surface area (Å²) in [4.78, 5) is 0. The number of benzene rings is 2. The fraction of sp³-hybridized carbons (Fsp3) is 0.571. The predicted molar refractivity (Wildman–Crippen MR) is 130 cm³/mol. The molecule has 0 nitrogen and oxygen atoms in total. The van der Waals surface area contributed by atoms with E-state index in [0.29, 0.717) is 5.56 Å². The maximum atomic E-state index is 14.8. The Bertz CT molecular complexity index is 840. The molecular weight excluding hydrogens is 421 g/mol. The molecule has 2 aromatic carbocycles. The van der Waals surface area contributed by atoms with Crippen molar-refractivity contribution in [2.45, 2.75) is 88.8 Å². The lowest BCUT2D eigenvalue weighted by Crippen LogP contribution is -2.22. The first kappa shape index (κ1) is 23.6. The third-order valence-electron chi connectivity index (χ3n) is 8.16. The van der Waals surface area contributed by atoms with Crippen LogP contribution < -0.4 is 0 Å². The predicted octanol–water partition coefficient (Wildman–Crippen LogP) is 8.87. The molecule has 1 saturated heterocycles. The zero-order chi connectivity index (χ0) is 22.5. The van der Waals surface area contributed by atoms with Crippen LogP contribution >= 0.6 is 0 Å². The molecule has 4 heteroatoms. The van der Waals surface area contributed by atoms with E-state index < -0.39 is 17.5 Å². The summed E-state index contributed by atoms with van der Waals surface area (Å²) < 4.78 is 42.8. The van der Waals surface area contributed by atoms with Gasteiger partial charge in [-0.3, -0.25) is 0 Å². The molecule has 32 heavy (non-hydrogen) atoms. The third-order valence-corrected chi connectivity index (χ3v) is 11.9. The highest BCUT2D eigenvalue weighted by molar-refractivity contribution is 6.58. The average Bonchev–Trinajstić information content (AvgIpc) is 2.80. The molecule has 0 aromatic heterocycles. The van der Waals surface area contributed by atoms with Crippen LogP contribution in [0.1, 0.15) is 76.2 Å². The van der Waals surface area contributed by atoms with Gasteiger partial charge in [0.1, 0.15) is 17.5 Å². The van der Waals surface area contributed by atoms with Gasteiger partial charge in [-0.15, -0.1) is 0 Å². The van der Waals surface area contributed by atoms with Crippen molar-refractivity contribution >= 4 is 8.80 Å². The summed E-state index contributed by atoms with van der Waals surface area (Å²) >= 11 is 0. The number of rotatable bonds is 7. The second-order valence-electron chi connectivity index (χ2n) is 10.3. The second kappa shape index (κ2) is 11.0. The molecule has 1 aliphatic carbocycles. The molecule has 1 saturated carbocycles. The lowest BCUT2D eigenvalue weighted by atomic mass is 9.76. The molecule has 174 valence electrons. The Morgan fingerprint density at radius 2 is 1.34 bits per heavy atom. The van der Waals surface area contributed by atoms with Crippen molar-refractivity contribution < 1.29 is 13.2 Å². The molecule has 2 aliphatic rings. The Kier molecular flexibility index (Phi) is 8.15. The lowest BCUT2D eigenvalue weighted by molar-refractivity contribution is 0.279. The summed E-state index contributed by atoms with van der Waals surface area (Å²) in [6.07, 6.45) is 11.5. The minimum absolute atomic E-state index is 0.0563. The Labute approximate surface area is 193 Å². The largest absolute Gasteiger partial charge is 0.207 e. The Hall–Kier alpha value is -1.55. The van der Waals surface area contributed by atoms with Gasteiger partial charge in [-0.2, -0.15) is 0 Å². The maximum absolute atomic E-state index is 14.8. The summed E-state index contributed by atoms with van der Waals surface area (Å²) in [5.74, 6) is 0.481. The average molecular weight is 459 g/mol. The molecule has 0 atom stereocenters. The van der Waals surface area contributed by atoms with Crippen molar-refractivity contribution in [2.75, 3.05) is 0 Å². The molecular formula is C28H37F3Si. The van der Waals surface area contributed by atoms with Gasteiger partial charge in [-0.25, -0.2) is 13.2 Å². The molecule has 0 bridgehead atoms. The van der Waals surface area contributed by atoms with Gasteiger partial charge in [0.2, 0.25) is 0 Å². The Morgan fingerprint density at radius 1 is 0.781 bits per heavy atom. The van der Waals surface area contributed by atoms with E-state index in [4.69, 9.17) is 0 Å².